The summed E-state index contributed by atoms with van der Waals surface area (Å²) in [6.45, 7) is 35.6. The van der Waals surface area contributed by atoms with Crippen molar-refractivity contribution in [3.63, 3.8) is 0 Å². The number of unbranched alkanes of at least 4 members (excludes halogenated alkanes) is 2. The van der Waals surface area contributed by atoms with E-state index in [2.05, 4.69) is 88.1 Å². The second-order valence-electron chi connectivity index (χ2n) is 17.4. The Kier molecular flexibility index (Phi) is 23.7. The standard InChI is InChI=1S/C21H44F6O4Si3.C12H32O3Si3/c1-18(2,3)32(6)30-33(7,8)31-34(9,17-28-16-14-20(22,23)24)29-15-12-10-11-13-19(4,5)21(25,26)27;1-10-18(9,13-11(2)3)15-17(7,8)14-16(6)12(4)5/h32H,10-17H2,1-9H3;11-12,16H,10H2,1-9H3. The first-order chi connectivity index (χ1) is 23.0. The first kappa shape index (κ1) is 54.7. The molecule has 0 fully saturated rings. The molecule has 0 amide bonds. The summed E-state index contributed by atoms with van der Waals surface area (Å²) >= 11 is 0. The molecule has 0 bridgehead atoms. The molecule has 4 atom stereocenters. The zero-order valence-electron chi connectivity index (χ0n) is 35.8. The SMILES string of the molecule is CC[Si](C)(OC(C)C)O[Si](C)(C)O[SiH](C)C(C)C.C[SiH](O[Si](C)(C)O[Si](C)(COCCC(F)(F)F)OCCCCCC(C)(C)C(F)(F)F)C(C)(C)C. The molecular weight excluding hydrogens is 791 g/mol. The third kappa shape index (κ3) is 25.7. The Labute approximate surface area is 321 Å². The summed E-state index contributed by atoms with van der Waals surface area (Å²) in [4.78, 5) is 0. The number of hydrogen-bond acceptors (Lipinski definition) is 7. The van der Waals surface area contributed by atoms with Gasteiger partial charge in [0.25, 0.3) is 0 Å². The Balaban J connectivity index is 0. The summed E-state index contributed by atoms with van der Waals surface area (Å²) in [5.74, 6) is 0. The lowest BCUT2D eigenvalue weighted by Crippen LogP contribution is -2.55. The van der Waals surface area contributed by atoms with E-state index in [1.54, 1.807) is 6.55 Å². The molecule has 0 spiro atoms. The lowest BCUT2D eigenvalue weighted by Gasteiger charge is -2.39. The minimum absolute atomic E-state index is 0.0137. The van der Waals surface area contributed by atoms with Gasteiger partial charge in [0.05, 0.1) is 24.7 Å². The van der Waals surface area contributed by atoms with Crippen LogP contribution < -0.4 is 0 Å². The number of ether oxygens (including phenoxy) is 1. The predicted octanol–water partition coefficient (Wildman–Crippen LogP) is 11.6. The highest BCUT2D eigenvalue weighted by Gasteiger charge is 2.47. The molecule has 52 heavy (non-hydrogen) atoms. The van der Waals surface area contributed by atoms with Crippen molar-refractivity contribution >= 4 is 52.3 Å². The van der Waals surface area contributed by atoms with E-state index < -0.39 is 83.1 Å². The van der Waals surface area contributed by atoms with Gasteiger partial charge in [0.15, 0.2) is 18.1 Å². The van der Waals surface area contributed by atoms with Crippen LogP contribution in [0.15, 0.2) is 0 Å². The second-order valence-corrected chi connectivity index (χ2v) is 38.4. The smallest absolute Gasteiger partial charge is 0.393 e. The maximum absolute atomic E-state index is 13.0. The maximum Gasteiger partial charge on any atom is 0.393 e. The van der Waals surface area contributed by atoms with Crippen LogP contribution in [0, 0.1) is 5.41 Å². The van der Waals surface area contributed by atoms with Crippen molar-refractivity contribution in [1.82, 2.24) is 0 Å². The van der Waals surface area contributed by atoms with E-state index in [1.165, 1.54) is 13.8 Å². The maximum atomic E-state index is 13.0. The Morgan fingerprint density at radius 3 is 1.58 bits per heavy atom. The minimum Gasteiger partial charge on any atom is -0.439 e. The molecule has 0 aliphatic heterocycles. The first-order valence-electron chi connectivity index (χ1n) is 18.8. The quantitative estimate of drug-likeness (QED) is 0.0576. The van der Waals surface area contributed by atoms with Crippen LogP contribution in [0.4, 0.5) is 26.3 Å². The fourth-order valence-electron chi connectivity index (χ4n) is 4.77. The Bertz CT molecular complexity index is 984. The number of halogens is 6. The molecular formula is C33H76F6O7Si6. The summed E-state index contributed by atoms with van der Waals surface area (Å²) in [5, 5.41) is 0.0137. The van der Waals surface area contributed by atoms with Crippen molar-refractivity contribution in [3.8, 4) is 0 Å². The lowest BCUT2D eigenvalue weighted by atomic mass is 9.86. The fraction of sp³-hybridized carbons (Fsp3) is 1.00. The summed E-state index contributed by atoms with van der Waals surface area (Å²) in [5.41, 5.74) is -1.09. The van der Waals surface area contributed by atoms with Gasteiger partial charge in [0.2, 0.25) is 0 Å². The van der Waals surface area contributed by atoms with Gasteiger partial charge in [0.1, 0.15) is 0 Å². The summed E-state index contributed by atoms with van der Waals surface area (Å²) in [7, 11) is -12.6. The van der Waals surface area contributed by atoms with Crippen molar-refractivity contribution in [2.75, 3.05) is 19.4 Å². The van der Waals surface area contributed by atoms with Gasteiger partial charge in [-0.1, -0.05) is 68.2 Å². The normalized spacial score (nSPS) is 17.4. The molecule has 0 aliphatic rings. The van der Waals surface area contributed by atoms with E-state index in [-0.39, 0.29) is 30.4 Å². The fourth-order valence-corrected chi connectivity index (χ4v) is 27.4. The van der Waals surface area contributed by atoms with E-state index >= 15 is 0 Å². The van der Waals surface area contributed by atoms with Gasteiger partial charge < -0.3 is 30.0 Å². The Hall–Kier alpha value is 0.601. The topological polar surface area (TPSA) is 64.6 Å². The second kappa shape index (κ2) is 22.5. The zero-order chi connectivity index (χ0) is 41.6. The predicted molar refractivity (Wildman–Crippen MR) is 216 cm³/mol. The third-order valence-electron chi connectivity index (χ3n) is 8.65. The highest BCUT2D eigenvalue weighted by molar-refractivity contribution is 6.83. The third-order valence-corrected chi connectivity index (χ3v) is 31.6. The molecule has 0 aliphatic carbocycles. The van der Waals surface area contributed by atoms with Crippen molar-refractivity contribution in [1.29, 1.82) is 0 Å². The van der Waals surface area contributed by atoms with Gasteiger partial charge in [-0.25, -0.2) is 0 Å². The van der Waals surface area contributed by atoms with Crippen LogP contribution in [-0.4, -0.2) is 90.2 Å². The van der Waals surface area contributed by atoms with Gasteiger partial charge >= 0.3 is 46.6 Å². The molecule has 0 aromatic heterocycles. The first-order valence-corrected chi connectivity index (χ1v) is 34.0. The van der Waals surface area contributed by atoms with Gasteiger partial charge in [-0.15, -0.1) is 0 Å². The van der Waals surface area contributed by atoms with E-state index in [0.29, 0.717) is 24.8 Å². The lowest BCUT2D eigenvalue weighted by molar-refractivity contribution is -0.214. The van der Waals surface area contributed by atoms with Gasteiger partial charge in [-0.2, -0.15) is 26.3 Å². The van der Waals surface area contributed by atoms with E-state index in [9.17, 15) is 26.3 Å². The van der Waals surface area contributed by atoms with Gasteiger partial charge in [-0.3, -0.25) is 0 Å². The highest BCUT2D eigenvalue weighted by Crippen LogP contribution is 2.41. The molecule has 0 aromatic carbocycles. The van der Waals surface area contributed by atoms with E-state index in [4.69, 9.17) is 30.0 Å². The summed E-state index contributed by atoms with van der Waals surface area (Å²) in [6, 6.07) is 0.975. The van der Waals surface area contributed by atoms with E-state index in [0.717, 1.165) is 6.04 Å². The molecule has 0 heterocycles. The average molecular weight is 867 g/mol. The largest absolute Gasteiger partial charge is 0.439 e. The van der Waals surface area contributed by atoms with Crippen molar-refractivity contribution in [3.05, 3.63) is 0 Å². The molecule has 0 radical (unpaired) electrons. The van der Waals surface area contributed by atoms with E-state index in [1.807, 2.05) is 13.1 Å². The molecule has 0 saturated heterocycles. The van der Waals surface area contributed by atoms with Crippen molar-refractivity contribution < 1.29 is 56.4 Å². The molecule has 4 unspecified atom stereocenters. The van der Waals surface area contributed by atoms with Gasteiger partial charge in [0, 0.05) is 12.7 Å². The molecule has 0 N–H and O–H groups in total. The van der Waals surface area contributed by atoms with Gasteiger partial charge in [-0.05, 0) is 95.7 Å². The molecule has 0 rings (SSSR count). The molecule has 7 nitrogen and oxygen atoms in total. The van der Waals surface area contributed by atoms with Crippen LogP contribution in [-0.2, 0) is 30.0 Å². The monoisotopic (exact) mass is 866 g/mol. The number of hydrogen-bond donors (Lipinski definition) is 0. The van der Waals surface area contributed by atoms with Crippen LogP contribution in [0.25, 0.3) is 0 Å². The molecule has 0 saturated carbocycles. The molecule has 316 valence electrons. The highest BCUT2D eigenvalue weighted by atomic mass is 28.5. The van der Waals surface area contributed by atoms with Crippen molar-refractivity contribution in [2.24, 2.45) is 5.41 Å². The summed E-state index contributed by atoms with van der Waals surface area (Å²) < 4.78 is 119. The minimum atomic E-state index is -4.31. The molecule has 0 aromatic rings. The zero-order valence-corrected chi connectivity index (χ0v) is 42.1. The molecule has 19 heteroatoms. The van der Waals surface area contributed by atoms with Crippen LogP contribution in [0.1, 0.15) is 101 Å². The van der Waals surface area contributed by atoms with Crippen LogP contribution in [0.3, 0.4) is 0 Å². The summed E-state index contributed by atoms with van der Waals surface area (Å²) in [6.07, 6.45) is -7.98. The Morgan fingerprint density at radius 1 is 0.654 bits per heavy atom. The number of rotatable bonds is 23. The number of alkyl halides is 6. The van der Waals surface area contributed by atoms with Crippen molar-refractivity contribution in [2.45, 2.75) is 189 Å². The Morgan fingerprint density at radius 2 is 1.15 bits per heavy atom. The average Bonchev–Trinajstić information content (AvgIpc) is 2.90. The van der Waals surface area contributed by atoms with Crippen LogP contribution >= 0.6 is 0 Å². The van der Waals surface area contributed by atoms with Crippen LogP contribution in [0.5, 0.6) is 0 Å². The van der Waals surface area contributed by atoms with Crippen LogP contribution in [0.2, 0.25) is 69.0 Å².